The number of nitrogens with zero attached hydrogens (tertiary/aromatic N) is 1. The van der Waals surface area contributed by atoms with E-state index in [-0.39, 0.29) is 5.82 Å². The van der Waals surface area contributed by atoms with E-state index in [0.29, 0.717) is 0 Å². The molecule has 0 unspecified atom stereocenters. The number of nitrogens with one attached hydrogen (secondary N) is 2. The molecule has 0 amide bonds. The van der Waals surface area contributed by atoms with Crippen LogP contribution in [0.2, 0.25) is 0 Å². The molecule has 0 saturated carbocycles. The number of alkyl halides is 3. The minimum Gasteiger partial charge on any atom is -0.289 e. The smallest absolute Gasteiger partial charge is 0.289 e. The highest BCUT2D eigenvalue weighted by atomic mass is 19.4. The first-order valence-electron chi connectivity index (χ1n) is 6.53. The van der Waals surface area contributed by atoms with Gasteiger partial charge in [-0.1, -0.05) is 13.8 Å². The van der Waals surface area contributed by atoms with Crippen molar-refractivity contribution in [2.75, 3.05) is 18.4 Å². The van der Waals surface area contributed by atoms with Gasteiger partial charge in [0.25, 0.3) is 5.56 Å². The zero-order valence-corrected chi connectivity index (χ0v) is 11.5. The molecule has 0 aliphatic heterocycles. The van der Waals surface area contributed by atoms with Gasteiger partial charge in [0.1, 0.15) is 5.56 Å². The molecule has 0 aliphatic carbocycles. The summed E-state index contributed by atoms with van der Waals surface area (Å²) in [6.45, 7) is 5.45. The van der Waals surface area contributed by atoms with Crippen molar-refractivity contribution in [2.45, 2.75) is 32.9 Å². The summed E-state index contributed by atoms with van der Waals surface area (Å²) in [5.41, 5.74) is -1.47. The van der Waals surface area contributed by atoms with Crippen molar-refractivity contribution in [3.8, 4) is 0 Å². The summed E-state index contributed by atoms with van der Waals surface area (Å²) in [4.78, 5) is 13.4. The van der Waals surface area contributed by atoms with Crippen LogP contribution in [0.1, 0.15) is 32.3 Å². The molecule has 0 atom stereocenters. The SMILES string of the molecule is CCC[N+](=CNc1[nH]c(=O)ccc1C(F)(F)F)CCC. The van der Waals surface area contributed by atoms with E-state index in [9.17, 15) is 18.0 Å². The van der Waals surface area contributed by atoms with Crippen LogP contribution in [0.5, 0.6) is 0 Å². The molecule has 0 saturated heterocycles. The maximum absolute atomic E-state index is 12.8. The van der Waals surface area contributed by atoms with E-state index in [1.165, 1.54) is 6.34 Å². The summed E-state index contributed by atoms with van der Waals surface area (Å²) >= 11 is 0. The Morgan fingerprint density at radius 3 is 2.35 bits per heavy atom. The molecule has 0 fully saturated rings. The van der Waals surface area contributed by atoms with Crippen LogP contribution in [0.15, 0.2) is 16.9 Å². The Bertz CT molecular complexity index is 512. The van der Waals surface area contributed by atoms with E-state index in [4.69, 9.17) is 0 Å². The number of rotatable bonds is 6. The summed E-state index contributed by atoms with van der Waals surface area (Å²) < 4.78 is 40.3. The number of aromatic amines is 1. The second-order valence-corrected chi connectivity index (χ2v) is 4.42. The van der Waals surface area contributed by atoms with Crippen molar-refractivity contribution >= 4 is 12.2 Å². The van der Waals surface area contributed by atoms with E-state index >= 15 is 0 Å². The Kier molecular flexibility index (Phi) is 5.79. The van der Waals surface area contributed by atoms with Gasteiger partial charge in [0.2, 0.25) is 12.2 Å². The number of hydrogen-bond acceptors (Lipinski definition) is 1. The fourth-order valence-corrected chi connectivity index (χ4v) is 1.80. The van der Waals surface area contributed by atoms with E-state index in [0.717, 1.165) is 38.1 Å². The summed E-state index contributed by atoms with van der Waals surface area (Å²) in [5, 5.41) is 2.56. The number of H-pyrrole nitrogens is 1. The fraction of sp³-hybridized carbons (Fsp3) is 0.538. The number of halogens is 3. The molecule has 7 heteroatoms. The first-order chi connectivity index (χ1) is 9.38. The van der Waals surface area contributed by atoms with Crippen LogP contribution >= 0.6 is 0 Å². The van der Waals surface area contributed by atoms with Crippen LogP contribution in [0.3, 0.4) is 0 Å². The summed E-state index contributed by atoms with van der Waals surface area (Å²) in [6.07, 6.45) is -1.26. The predicted molar refractivity (Wildman–Crippen MR) is 72.3 cm³/mol. The largest absolute Gasteiger partial charge is 0.422 e. The molecule has 0 spiro atoms. The molecule has 1 heterocycles. The highest BCUT2D eigenvalue weighted by Crippen LogP contribution is 2.32. The standard InChI is InChI=1S/C13H18F3N3O/c1-3-7-19(8-4-2)9-17-12-10(13(14,15)16)5-6-11(20)18-12/h5-6,9H,3-4,7-8H2,1-2H3,(H,18,20)/p+1. The number of anilines is 1. The first kappa shape index (κ1) is 16.3. The summed E-state index contributed by atoms with van der Waals surface area (Å²) in [6, 6.07) is 1.64. The minimum atomic E-state index is -4.51. The van der Waals surface area contributed by atoms with Crippen molar-refractivity contribution in [3.63, 3.8) is 0 Å². The number of pyridine rings is 1. The molecule has 4 nitrogen and oxygen atoms in total. The average molecular weight is 290 g/mol. The average Bonchev–Trinajstić information content (AvgIpc) is 2.35. The molecule has 1 aromatic heterocycles. The van der Waals surface area contributed by atoms with Gasteiger partial charge < -0.3 is 0 Å². The van der Waals surface area contributed by atoms with Gasteiger partial charge >= 0.3 is 6.18 Å². The first-order valence-corrected chi connectivity index (χ1v) is 6.53. The van der Waals surface area contributed by atoms with Gasteiger partial charge in [-0.05, 0) is 18.9 Å². The molecule has 0 aromatic carbocycles. The molecule has 0 bridgehead atoms. The molecule has 20 heavy (non-hydrogen) atoms. The third-order valence-electron chi connectivity index (χ3n) is 2.64. The topological polar surface area (TPSA) is 47.9 Å². The molecular weight excluding hydrogens is 271 g/mol. The van der Waals surface area contributed by atoms with Gasteiger partial charge in [0, 0.05) is 6.07 Å². The van der Waals surface area contributed by atoms with Crippen LogP contribution < -0.4 is 10.9 Å². The van der Waals surface area contributed by atoms with E-state index in [1.807, 2.05) is 18.4 Å². The van der Waals surface area contributed by atoms with Crippen LogP contribution in [-0.2, 0) is 6.18 Å². The van der Waals surface area contributed by atoms with Gasteiger partial charge in [-0.15, -0.1) is 0 Å². The van der Waals surface area contributed by atoms with Crippen LogP contribution in [0, 0.1) is 0 Å². The predicted octanol–water partition coefficient (Wildman–Crippen LogP) is 2.67. The zero-order chi connectivity index (χ0) is 15.2. The molecule has 1 aromatic rings. The van der Waals surface area contributed by atoms with Crippen LogP contribution in [-0.4, -0.2) is 29.0 Å². The second-order valence-electron chi connectivity index (χ2n) is 4.42. The van der Waals surface area contributed by atoms with E-state index in [1.54, 1.807) is 0 Å². The van der Waals surface area contributed by atoms with E-state index < -0.39 is 17.3 Å². The van der Waals surface area contributed by atoms with Crippen molar-refractivity contribution in [1.29, 1.82) is 0 Å². The lowest BCUT2D eigenvalue weighted by atomic mass is 10.2. The normalized spacial score (nSPS) is 11.2. The summed E-state index contributed by atoms with van der Waals surface area (Å²) in [5.74, 6) is -0.331. The second kappa shape index (κ2) is 7.12. The van der Waals surface area contributed by atoms with Crippen molar-refractivity contribution in [1.82, 2.24) is 4.98 Å². The number of aromatic nitrogens is 1. The molecule has 0 radical (unpaired) electrons. The highest BCUT2D eigenvalue weighted by molar-refractivity contribution is 5.71. The van der Waals surface area contributed by atoms with Gasteiger partial charge in [-0.3, -0.25) is 14.4 Å². The van der Waals surface area contributed by atoms with Crippen molar-refractivity contribution in [2.24, 2.45) is 0 Å². The van der Waals surface area contributed by atoms with Gasteiger partial charge in [0.15, 0.2) is 0 Å². The maximum atomic E-state index is 12.8. The zero-order valence-electron chi connectivity index (χ0n) is 11.5. The maximum Gasteiger partial charge on any atom is 0.422 e. The van der Waals surface area contributed by atoms with Crippen LogP contribution in [0.4, 0.5) is 19.0 Å². The molecule has 0 aliphatic rings. The quantitative estimate of drug-likeness (QED) is 0.481. The molecule has 112 valence electrons. The lowest BCUT2D eigenvalue weighted by Crippen LogP contribution is -2.22. The highest BCUT2D eigenvalue weighted by Gasteiger charge is 2.35. The Balaban J connectivity index is 3.04. The number of hydrogen-bond donors (Lipinski definition) is 2. The monoisotopic (exact) mass is 290 g/mol. The molecular formula is C13H19F3N3O+. The Hall–Kier alpha value is -1.79. The van der Waals surface area contributed by atoms with Crippen molar-refractivity contribution < 1.29 is 17.7 Å². The third-order valence-corrected chi connectivity index (χ3v) is 2.64. The Labute approximate surface area is 115 Å². The Morgan fingerprint density at radius 2 is 1.85 bits per heavy atom. The van der Waals surface area contributed by atoms with Gasteiger partial charge in [-0.2, -0.15) is 13.2 Å². The summed E-state index contributed by atoms with van der Waals surface area (Å²) in [7, 11) is 0. The molecule has 1 rings (SSSR count). The van der Waals surface area contributed by atoms with Gasteiger partial charge in [-0.25, -0.2) is 5.32 Å². The minimum absolute atomic E-state index is 0.331. The lowest BCUT2D eigenvalue weighted by Gasteiger charge is -2.09. The van der Waals surface area contributed by atoms with Gasteiger partial charge in [0.05, 0.1) is 13.1 Å². The lowest BCUT2D eigenvalue weighted by molar-refractivity contribution is -0.523. The third kappa shape index (κ3) is 4.71. The fourth-order valence-electron chi connectivity index (χ4n) is 1.80. The Morgan fingerprint density at radius 1 is 1.25 bits per heavy atom. The van der Waals surface area contributed by atoms with Crippen LogP contribution in [0.25, 0.3) is 0 Å². The van der Waals surface area contributed by atoms with E-state index in [2.05, 4.69) is 10.3 Å². The molecule has 2 N–H and O–H groups in total. The van der Waals surface area contributed by atoms with Crippen molar-refractivity contribution in [3.05, 3.63) is 28.0 Å².